The summed E-state index contributed by atoms with van der Waals surface area (Å²) in [5, 5.41) is 3.08. The van der Waals surface area contributed by atoms with Crippen LogP contribution in [0.15, 0.2) is 24.3 Å². The van der Waals surface area contributed by atoms with Gasteiger partial charge in [0.1, 0.15) is 0 Å². The molecule has 3 rings (SSSR count). The number of anilines is 1. The standard InChI is InChI=1S/C18H26N2O/c1-20(2)17-7-4-13(5-8-17)12-19-18(21)11-16-10-14-3-6-15(16)9-14/h4-5,7-8,14-16H,3,6,9-12H2,1-2H3,(H,19,21)/t14-,15-,16-/m1/s1. The third-order valence-electron chi connectivity index (χ3n) is 5.27. The molecular weight excluding hydrogens is 260 g/mol. The Morgan fingerprint density at radius 3 is 2.52 bits per heavy atom. The Morgan fingerprint density at radius 2 is 1.95 bits per heavy atom. The molecule has 21 heavy (non-hydrogen) atoms. The number of nitrogens with zero attached hydrogens (tertiary/aromatic N) is 1. The van der Waals surface area contributed by atoms with Crippen molar-refractivity contribution in [3.63, 3.8) is 0 Å². The van der Waals surface area contributed by atoms with Gasteiger partial charge in [0.05, 0.1) is 0 Å². The van der Waals surface area contributed by atoms with E-state index in [4.69, 9.17) is 0 Å². The van der Waals surface area contributed by atoms with Gasteiger partial charge in [-0.15, -0.1) is 0 Å². The molecular formula is C18H26N2O. The lowest BCUT2D eigenvalue weighted by Crippen LogP contribution is -2.26. The van der Waals surface area contributed by atoms with Gasteiger partial charge in [-0.05, 0) is 54.7 Å². The highest BCUT2D eigenvalue weighted by molar-refractivity contribution is 5.76. The maximum atomic E-state index is 12.1. The lowest BCUT2D eigenvalue weighted by molar-refractivity contribution is -0.122. The molecule has 3 heteroatoms. The molecule has 2 fully saturated rings. The van der Waals surface area contributed by atoms with Gasteiger partial charge in [-0.1, -0.05) is 18.6 Å². The van der Waals surface area contributed by atoms with Crippen molar-refractivity contribution in [2.75, 3.05) is 19.0 Å². The van der Waals surface area contributed by atoms with Crippen molar-refractivity contribution in [2.24, 2.45) is 17.8 Å². The van der Waals surface area contributed by atoms with E-state index in [1.807, 2.05) is 14.1 Å². The Bertz CT molecular complexity index is 494. The molecule has 1 aromatic rings. The van der Waals surface area contributed by atoms with Gasteiger partial charge in [0, 0.05) is 32.7 Å². The third-order valence-corrected chi connectivity index (χ3v) is 5.27. The van der Waals surface area contributed by atoms with E-state index in [1.54, 1.807) is 0 Å². The number of carbonyl (C=O) groups excluding carboxylic acids is 1. The van der Waals surface area contributed by atoms with Gasteiger partial charge in [0.15, 0.2) is 0 Å². The Balaban J connectivity index is 1.45. The van der Waals surface area contributed by atoms with E-state index in [1.165, 1.54) is 36.9 Å². The summed E-state index contributed by atoms with van der Waals surface area (Å²) in [6.45, 7) is 0.646. The van der Waals surface area contributed by atoms with Gasteiger partial charge < -0.3 is 10.2 Å². The van der Waals surface area contributed by atoms with Crippen LogP contribution in [0.1, 0.15) is 37.7 Å². The van der Waals surface area contributed by atoms with E-state index in [2.05, 4.69) is 34.5 Å². The zero-order valence-electron chi connectivity index (χ0n) is 13.1. The second-order valence-corrected chi connectivity index (χ2v) is 6.98. The molecule has 0 saturated heterocycles. The van der Waals surface area contributed by atoms with Crippen LogP contribution >= 0.6 is 0 Å². The second-order valence-electron chi connectivity index (χ2n) is 6.98. The number of carbonyl (C=O) groups is 1. The molecule has 0 radical (unpaired) electrons. The van der Waals surface area contributed by atoms with E-state index < -0.39 is 0 Å². The van der Waals surface area contributed by atoms with Gasteiger partial charge in [-0.3, -0.25) is 4.79 Å². The minimum Gasteiger partial charge on any atom is -0.378 e. The molecule has 2 bridgehead atoms. The normalized spacial score (nSPS) is 26.9. The number of hydrogen-bond donors (Lipinski definition) is 1. The van der Waals surface area contributed by atoms with Crippen molar-refractivity contribution < 1.29 is 4.79 Å². The molecule has 0 aromatic heterocycles. The molecule has 0 heterocycles. The highest BCUT2D eigenvalue weighted by atomic mass is 16.1. The van der Waals surface area contributed by atoms with Gasteiger partial charge in [-0.2, -0.15) is 0 Å². The summed E-state index contributed by atoms with van der Waals surface area (Å²) >= 11 is 0. The van der Waals surface area contributed by atoms with Crippen LogP contribution in [0.5, 0.6) is 0 Å². The van der Waals surface area contributed by atoms with Gasteiger partial charge in [0.25, 0.3) is 0 Å². The molecule has 0 aliphatic heterocycles. The minimum atomic E-state index is 0.226. The lowest BCUT2D eigenvalue weighted by Gasteiger charge is -2.21. The predicted octanol–water partition coefficient (Wildman–Crippen LogP) is 3.20. The van der Waals surface area contributed by atoms with E-state index in [0.29, 0.717) is 12.5 Å². The van der Waals surface area contributed by atoms with Crippen LogP contribution < -0.4 is 10.2 Å². The topological polar surface area (TPSA) is 32.3 Å². The van der Waals surface area contributed by atoms with Crippen molar-refractivity contribution in [3.8, 4) is 0 Å². The second kappa shape index (κ2) is 6.08. The van der Waals surface area contributed by atoms with Crippen LogP contribution in [-0.4, -0.2) is 20.0 Å². The summed E-state index contributed by atoms with van der Waals surface area (Å²) < 4.78 is 0. The lowest BCUT2D eigenvalue weighted by atomic mass is 9.86. The SMILES string of the molecule is CN(C)c1ccc(CNC(=O)C[C@H]2C[C@@H]3CC[C@@H]2C3)cc1. The summed E-state index contributed by atoms with van der Waals surface area (Å²) in [6, 6.07) is 8.37. The third kappa shape index (κ3) is 3.39. The van der Waals surface area contributed by atoms with Gasteiger partial charge in [-0.25, -0.2) is 0 Å². The fourth-order valence-electron chi connectivity index (χ4n) is 4.05. The highest BCUT2D eigenvalue weighted by Gasteiger charge is 2.39. The maximum Gasteiger partial charge on any atom is 0.220 e. The average Bonchev–Trinajstić information content (AvgIpc) is 3.08. The molecule has 1 amide bonds. The van der Waals surface area contributed by atoms with Gasteiger partial charge >= 0.3 is 0 Å². The van der Waals surface area contributed by atoms with E-state index in [9.17, 15) is 4.79 Å². The predicted molar refractivity (Wildman–Crippen MR) is 86.2 cm³/mol. The molecule has 1 N–H and O–H groups in total. The molecule has 0 spiro atoms. The monoisotopic (exact) mass is 286 g/mol. The number of benzene rings is 1. The van der Waals surface area contributed by atoms with Crippen LogP contribution in [0, 0.1) is 17.8 Å². The van der Waals surface area contributed by atoms with Crippen LogP contribution in [0.4, 0.5) is 5.69 Å². The first kappa shape index (κ1) is 14.4. The maximum absolute atomic E-state index is 12.1. The summed E-state index contributed by atoms with van der Waals surface area (Å²) in [6.07, 6.45) is 6.16. The van der Waals surface area contributed by atoms with Crippen molar-refractivity contribution in [1.29, 1.82) is 0 Å². The van der Waals surface area contributed by atoms with Crippen LogP contribution in [-0.2, 0) is 11.3 Å². The van der Waals surface area contributed by atoms with E-state index >= 15 is 0 Å². The fourth-order valence-corrected chi connectivity index (χ4v) is 4.05. The van der Waals surface area contributed by atoms with E-state index in [-0.39, 0.29) is 5.91 Å². The van der Waals surface area contributed by atoms with Crippen LogP contribution in [0.25, 0.3) is 0 Å². The minimum absolute atomic E-state index is 0.226. The number of nitrogens with one attached hydrogen (secondary N) is 1. The number of hydrogen-bond acceptors (Lipinski definition) is 2. The van der Waals surface area contributed by atoms with Crippen molar-refractivity contribution in [1.82, 2.24) is 5.32 Å². The molecule has 2 saturated carbocycles. The first-order chi connectivity index (χ1) is 10.1. The Morgan fingerprint density at radius 1 is 1.19 bits per heavy atom. The average molecular weight is 286 g/mol. The number of fused-ring (bicyclic) bond motifs is 2. The van der Waals surface area contributed by atoms with Gasteiger partial charge in [0.2, 0.25) is 5.91 Å². The first-order valence-corrected chi connectivity index (χ1v) is 8.15. The largest absolute Gasteiger partial charge is 0.378 e. The Hall–Kier alpha value is -1.51. The molecule has 3 nitrogen and oxygen atoms in total. The Labute approximate surface area is 127 Å². The molecule has 0 unspecified atom stereocenters. The molecule has 1 aromatic carbocycles. The quantitative estimate of drug-likeness (QED) is 0.901. The van der Waals surface area contributed by atoms with E-state index in [0.717, 1.165) is 18.3 Å². The summed E-state index contributed by atoms with van der Waals surface area (Å²) in [5.74, 6) is 2.63. The molecule has 114 valence electrons. The van der Waals surface area contributed by atoms with Crippen molar-refractivity contribution in [3.05, 3.63) is 29.8 Å². The number of amides is 1. The zero-order valence-corrected chi connectivity index (χ0v) is 13.1. The molecule has 2 aliphatic carbocycles. The summed E-state index contributed by atoms with van der Waals surface area (Å²) in [7, 11) is 4.07. The highest BCUT2D eigenvalue weighted by Crippen LogP contribution is 2.49. The molecule has 2 aliphatic rings. The van der Waals surface area contributed by atoms with Crippen molar-refractivity contribution >= 4 is 11.6 Å². The van der Waals surface area contributed by atoms with Crippen LogP contribution in [0.3, 0.4) is 0 Å². The summed E-state index contributed by atoms with van der Waals surface area (Å²) in [5.41, 5.74) is 2.36. The summed E-state index contributed by atoms with van der Waals surface area (Å²) in [4.78, 5) is 14.2. The first-order valence-electron chi connectivity index (χ1n) is 8.15. The smallest absolute Gasteiger partial charge is 0.220 e. The Kier molecular flexibility index (Phi) is 4.18. The fraction of sp³-hybridized carbons (Fsp3) is 0.611. The van der Waals surface area contributed by atoms with Crippen LogP contribution in [0.2, 0.25) is 0 Å². The molecule has 3 atom stereocenters. The zero-order chi connectivity index (χ0) is 14.8. The van der Waals surface area contributed by atoms with Crippen molar-refractivity contribution in [2.45, 2.75) is 38.6 Å². The number of rotatable bonds is 5.